The van der Waals surface area contributed by atoms with Gasteiger partial charge in [0.25, 0.3) is 0 Å². The molecule has 21 heavy (non-hydrogen) atoms. The van der Waals surface area contributed by atoms with Crippen LogP contribution in [0, 0.1) is 5.41 Å². The quantitative estimate of drug-likeness (QED) is 0.606. The molecule has 0 saturated heterocycles. The Kier molecular flexibility index (Phi) is 5.21. The molecule has 0 spiro atoms. The maximum atomic E-state index is 7.42. The van der Waals surface area contributed by atoms with Gasteiger partial charge in [0.2, 0.25) is 0 Å². The minimum atomic E-state index is 0.214. The van der Waals surface area contributed by atoms with Crippen LogP contribution < -0.4 is 15.4 Å². The minimum absolute atomic E-state index is 0.214. The van der Waals surface area contributed by atoms with Gasteiger partial charge in [-0.05, 0) is 29.8 Å². The molecule has 0 fully saturated rings. The van der Waals surface area contributed by atoms with Gasteiger partial charge in [0.05, 0.1) is 12.9 Å². The van der Waals surface area contributed by atoms with Crippen LogP contribution in [0.3, 0.4) is 0 Å². The summed E-state index contributed by atoms with van der Waals surface area (Å²) in [5.74, 6) is 1.07. The van der Waals surface area contributed by atoms with Gasteiger partial charge in [-0.1, -0.05) is 30.3 Å². The lowest BCUT2D eigenvalue weighted by molar-refractivity contribution is 0.414. The third-order valence-corrected chi connectivity index (χ3v) is 3.30. The fraction of sp³-hybridized carbons (Fsp3) is 0.235. The Hall–Kier alpha value is -2.49. The van der Waals surface area contributed by atoms with Gasteiger partial charge in [0.15, 0.2) is 0 Å². The zero-order chi connectivity index (χ0) is 15.1. The van der Waals surface area contributed by atoms with Crippen molar-refractivity contribution in [1.82, 2.24) is 0 Å². The predicted octanol–water partition coefficient (Wildman–Crippen LogP) is 3.03. The third kappa shape index (κ3) is 4.53. The molecule has 0 unspecified atom stereocenters. The molecule has 0 heterocycles. The summed E-state index contributed by atoms with van der Waals surface area (Å²) in [5, 5.41) is 7.42. The first-order chi connectivity index (χ1) is 10.2. The van der Waals surface area contributed by atoms with Crippen LogP contribution in [0.1, 0.15) is 12.0 Å². The van der Waals surface area contributed by atoms with Gasteiger partial charge in [-0.25, -0.2) is 0 Å². The number of methoxy groups -OCH3 is 1. The molecule has 4 heteroatoms. The number of para-hydroxylation sites is 1. The highest BCUT2D eigenvalue weighted by molar-refractivity contribution is 5.77. The van der Waals surface area contributed by atoms with E-state index in [1.165, 1.54) is 5.56 Å². The molecule has 0 bridgehead atoms. The molecule has 0 aliphatic carbocycles. The highest BCUT2D eigenvalue weighted by atomic mass is 16.5. The lowest BCUT2D eigenvalue weighted by Crippen LogP contribution is -2.27. The molecule has 2 aromatic carbocycles. The van der Waals surface area contributed by atoms with E-state index in [1.54, 1.807) is 7.11 Å². The van der Waals surface area contributed by atoms with Gasteiger partial charge in [0, 0.05) is 25.2 Å². The third-order valence-electron chi connectivity index (χ3n) is 3.30. The Morgan fingerprint density at radius 2 is 1.76 bits per heavy atom. The number of nitrogens with zero attached hydrogens (tertiary/aromatic N) is 1. The fourth-order valence-corrected chi connectivity index (χ4v) is 2.14. The molecular weight excluding hydrogens is 262 g/mol. The van der Waals surface area contributed by atoms with Gasteiger partial charge in [0.1, 0.15) is 5.75 Å². The molecule has 4 nitrogen and oxygen atoms in total. The van der Waals surface area contributed by atoms with Crippen LogP contribution in [0.15, 0.2) is 54.6 Å². The molecule has 0 aromatic heterocycles. The van der Waals surface area contributed by atoms with Crippen molar-refractivity contribution < 1.29 is 4.74 Å². The second kappa shape index (κ2) is 7.33. The van der Waals surface area contributed by atoms with Crippen LogP contribution in [-0.4, -0.2) is 19.5 Å². The Morgan fingerprint density at radius 1 is 1.10 bits per heavy atom. The van der Waals surface area contributed by atoms with Crippen LogP contribution in [0.25, 0.3) is 0 Å². The molecule has 3 N–H and O–H groups in total. The summed E-state index contributed by atoms with van der Waals surface area (Å²) in [5.41, 5.74) is 7.82. The van der Waals surface area contributed by atoms with E-state index in [2.05, 4.69) is 29.2 Å². The number of anilines is 1. The Morgan fingerprint density at radius 3 is 2.33 bits per heavy atom. The van der Waals surface area contributed by atoms with E-state index >= 15 is 0 Å². The lowest BCUT2D eigenvalue weighted by Gasteiger charge is -2.25. The Labute approximate surface area is 125 Å². The van der Waals surface area contributed by atoms with Crippen LogP contribution in [0.4, 0.5) is 5.69 Å². The van der Waals surface area contributed by atoms with E-state index < -0.39 is 0 Å². The molecule has 110 valence electrons. The number of amidine groups is 1. The van der Waals surface area contributed by atoms with Crippen molar-refractivity contribution in [1.29, 1.82) is 5.41 Å². The fourth-order valence-electron chi connectivity index (χ4n) is 2.14. The molecule has 2 aromatic rings. The van der Waals surface area contributed by atoms with E-state index in [0.29, 0.717) is 6.42 Å². The zero-order valence-corrected chi connectivity index (χ0v) is 12.3. The van der Waals surface area contributed by atoms with Crippen molar-refractivity contribution in [3.63, 3.8) is 0 Å². The van der Waals surface area contributed by atoms with Gasteiger partial charge in [-0.3, -0.25) is 5.41 Å². The maximum absolute atomic E-state index is 7.42. The SMILES string of the molecule is COc1ccc(CN(CCC(=N)N)c2ccccc2)cc1. The second-order valence-corrected chi connectivity index (χ2v) is 4.88. The van der Waals surface area contributed by atoms with Crippen molar-refractivity contribution in [2.45, 2.75) is 13.0 Å². The molecular formula is C17H21N3O. The smallest absolute Gasteiger partial charge is 0.118 e. The predicted molar refractivity (Wildman–Crippen MR) is 87.0 cm³/mol. The van der Waals surface area contributed by atoms with E-state index in [-0.39, 0.29) is 5.84 Å². The van der Waals surface area contributed by atoms with Crippen LogP contribution in [0.5, 0.6) is 5.75 Å². The first-order valence-electron chi connectivity index (χ1n) is 6.95. The van der Waals surface area contributed by atoms with E-state index in [0.717, 1.165) is 24.5 Å². The van der Waals surface area contributed by atoms with Gasteiger partial charge in [-0.2, -0.15) is 0 Å². The topological polar surface area (TPSA) is 62.3 Å². The summed E-state index contributed by atoms with van der Waals surface area (Å²) < 4.78 is 5.18. The highest BCUT2D eigenvalue weighted by Crippen LogP contribution is 2.19. The minimum Gasteiger partial charge on any atom is -0.497 e. The number of hydrogen-bond donors (Lipinski definition) is 2. The van der Waals surface area contributed by atoms with Crippen LogP contribution >= 0.6 is 0 Å². The van der Waals surface area contributed by atoms with Crippen LogP contribution in [0.2, 0.25) is 0 Å². The van der Waals surface area contributed by atoms with Gasteiger partial charge >= 0.3 is 0 Å². The first-order valence-corrected chi connectivity index (χ1v) is 6.95. The number of nitrogens with two attached hydrogens (primary N) is 1. The van der Waals surface area contributed by atoms with E-state index in [1.807, 2.05) is 30.3 Å². The Bertz CT molecular complexity index is 566. The monoisotopic (exact) mass is 283 g/mol. The number of rotatable bonds is 7. The maximum Gasteiger partial charge on any atom is 0.118 e. The van der Waals surface area contributed by atoms with Crippen molar-refractivity contribution in [3.05, 3.63) is 60.2 Å². The van der Waals surface area contributed by atoms with Crippen LogP contribution in [-0.2, 0) is 6.54 Å². The largest absolute Gasteiger partial charge is 0.497 e. The number of ether oxygens (including phenoxy) is 1. The highest BCUT2D eigenvalue weighted by Gasteiger charge is 2.08. The number of benzene rings is 2. The molecule has 0 aliphatic rings. The van der Waals surface area contributed by atoms with Crippen molar-refractivity contribution in [3.8, 4) is 5.75 Å². The molecule has 0 aliphatic heterocycles. The zero-order valence-electron chi connectivity index (χ0n) is 12.3. The van der Waals surface area contributed by atoms with E-state index in [9.17, 15) is 0 Å². The molecule has 0 saturated carbocycles. The summed E-state index contributed by atoms with van der Waals surface area (Å²) in [6.45, 7) is 1.51. The summed E-state index contributed by atoms with van der Waals surface area (Å²) in [7, 11) is 1.66. The van der Waals surface area contributed by atoms with Gasteiger partial charge in [-0.15, -0.1) is 0 Å². The summed E-state index contributed by atoms with van der Waals surface area (Å²) in [6, 6.07) is 18.2. The average molecular weight is 283 g/mol. The Balaban J connectivity index is 2.12. The number of nitrogens with one attached hydrogen (secondary N) is 1. The number of hydrogen-bond acceptors (Lipinski definition) is 3. The summed E-state index contributed by atoms with van der Waals surface area (Å²) in [4.78, 5) is 2.23. The molecule has 0 atom stereocenters. The normalized spacial score (nSPS) is 10.1. The van der Waals surface area contributed by atoms with Crippen molar-refractivity contribution in [2.75, 3.05) is 18.6 Å². The average Bonchev–Trinajstić information content (AvgIpc) is 2.52. The van der Waals surface area contributed by atoms with Crippen molar-refractivity contribution in [2.24, 2.45) is 5.73 Å². The molecule has 0 amide bonds. The van der Waals surface area contributed by atoms with Gasteiger partial charge < -0.3 is 15.4 Å². The molecule has 2 rings (SSSR count). The second-order valence-electron chi connectivity index (χ2n) is 4.88. The van der Waals surface area contributed by atoms with Crippen molar-refractivity contribution >= 4 is 11.5 Å². The van der Waals surface area contributed by atoms with E-state index in [4.69, 9.17) is 15.9 Å². The first kappa shape index (κ1) is 14.9. The summed E-state index contributed by atoms with van der Waals surface area (Å²) in [6.07, 6.45) is 0.561. The summed E-state index contributed by atoms with van der Waals surface area (Å²) >= 11 is 0. The standard InChI is InChI=1S/C17H21N3O/c1-21-16-9-7-14(8-10-16)13-20(12-11-17(18)19)15-5-3-2-4-6-15/h2-10H,11-13H2,1H3,(H3,18,19). The lowest BCUT2D eigenvalue weighted by atomic mass is 10.1. The molecule has 0 radical (unpaired) electrons.